The van der Waals surface area contributed by atoms with Gasteiger partial charge in [0, 0.05) is 5.02 Å². The SMILES string of the molecule is COc1ccc([C@@H](CC(C)C)NC(=O)COc2ccc(Cl)cc2)cc1. The molecule has 134 valence electrons. The highest BCUT2D eigenvalue weighted by Crippen LogP contribution is 2.23. The minimum absolute atomic E-state index is 0.0353. The minimum atomic E-state index is -0.156. The Hall–Kier alpha value is -2.20. The van der Waals surface area contributed by atoms with E-state index in [1.807, 2.05) is 24.3 Å². The van der Waals surface area contributed by atoms with Crippen LogP contribution in [-0.2, 0) is 4.79 Å². The predicted molar refractivity (Wildman–Crippen MR) is 100 cm³/mol. The molecule has 1 N–H and O–H groups in total. The van der Waals surface area contributed by atoms with Gasteiger partial charge in [-0.15, -0.1) is 0 Å². The van der Waals surface area contributed by atoms with Crippen molar-refractivity contribution >= 4 is 17.5 Å². The van der Waals surface area contributed by atoms with E-state index in [2.05, 4.69) is 19.2 Å². The van der Waals surface area contributed by atoms with Crippen molar-refractivity contribution in [1.82, 2.24) is 5.32 Å². The molecule has 2 aromatic carbocycles. The van der Waals surface area contributed by atoms with Crippen LogP contribution in [0.1, 0.15) is 31.9 Å². The van der Waals surface area contributed by atoms with Crippen LogP contribution >= 0.6 is 11.6 Å². The highest BCUT2D eigenvalue weighted by atomic mass is 35.5. The van der Waals surface area contributed by atoms with Crippen LogP contribution in [0.25, 0.3) is 0 Å². The third-order valence-electron chi connectivity index (χ3n) is 3.74. The van der Waals surface area contributed by atoms with Crippen LogP contribution in [0.4, 0.5) is 0 Å². The number of carbonyl (C=O) groups is 1. The van der Waals surface area contributed by atoms with Gasteiger partial charge < -0.3 is 14.8 Å². The molecule has 0 heterocycles. The molecular weight excluding hydrogens is 338 g/mol. The van der Waals surface area contributed by atoms with Gasteiger partial charge in [-0.05, 0) is 54.3 Å². The van der Waals surface area contributed by atoms with Crippen LogP contribution < -0.4 is 14.8 Å². The Balaban J connectivity index is 1.97. The number of rotatable bonds is 8. The summed E-state index contributed by atoms with van der Waals surface area (Å²) >= 11 is 5.84. The van der Waals surface area contributed by atoms with Gasteiger partial charge in [-0.1, -0.05) is 37.6 Å². The molecule has 0 bridgehead atoms. The van der Waals surface area contributed by atoms with E-state index < -0.39 is 0 Å². The lowest BCUT2D eigenvalue weighted by atomic mass is 9.97. The van der Waals surface area contributed by atoms with Crippen molar-refractivity contribution in [2.45, 2.75) is 26.3 Å². The van der Waals surface area contributed by atoms with E-state index in [4.69, 9.17) is 21.1 Å². The topological polar surface area (TPSA) is 47.6 Å². The summed E-state index contributed by atoms with van der Waals surface area (Å²) in [5.41, 5.74) is 1.05. The molecule has 1 atom stereocenters. The molecule has 0 spiro atoms. The van der Waals surface area contributed by atoms with Gasteiger partial charge in [-0.25, -0.2) is 0 Å². The molecule has 0 aliphatic heterocycles. The van der Waals surface area contributed by atoms with Gasteiger partial charge in [-0.3, -0.25) is 4.79 Å². The van der Waals surface area contributed by atoms with E-state index in [1.165, 1.54) is 0 Å². The molecule has 2 aromatic rings. The molecule has 25 heavy (non-hydrogen) atoms. The molecule has 5 heteroatoms. The van der Waals surface area contributed by atoms with Crippen molar-refractivity contribution in [3.05, 3.63) is 59.1 Å². The van der Waals surface area contributed by atoms with Crippen molar-refractivity contribution in [2.24, 2.45) is 5.92 Å². The highest BCUT2D eigenvalue weighted by Gasteiger charge is 2.16. The van der Waals surface area contributed by atoms with Crippen LogP contribution in [0.15, 0.2) is 48.5 Å². The second kappa shape index (κ2) is 9.33. The third-order valence-corrected chi connectivity index (χ3v) is 4.00. The van der Waals surface area contributed by atoms with Crippen molar-refractivity contribution in [2.75, 3.05) is 13.7 Å². The maximum Gasteiger partial charge on any atom is 0.258 e. The molecule has 0 saturated carbocycles. The average Bonchev–Trinajstić information content (AvgIpc) is 2.60. The number of hydrogen-bond acceptors (Lipinski definition) is 3. The number of amides is 1. The third kappa shape index (κ3) is 6.31. The molecule has 1 amide bonds. The molecular formula is C20H24ClNO3. The molecule has 0 saturated heterocycles. The molecule has 0 aliphatic rings. The van der Waals surface area contributed by atoms with Crippen LogP contribution in [-0.4, -0.2) is 19.6 Å². The molecule has 4 nitrogen and oxygen atoms in total. The van der Waals surface area contributed by atoms with Gasteiger partial charge in [-0.2, -0.15) is 0 Å². The van der Waals surface area contributed by atoms with Crippen molar-refractivity contribution < 1.29 is 14.3 Å². The zero-order valence-electron chi connectivity index (χ0n) is 14.8. The Morgan fingerprint density at radius 1 is 1.04 bits per heavy atom. The van der Waals surface area contributed by atoms with Gasteiger partial charge >= 0.3 is 0 Å². The maximum atomic E-state index is 12.3. The van der Waals surface area contributed by atoms with Crippen LogP contribution in [0.5, 0.6) is 11.5 Å². The number of ether oxygens (including phenoxy) is 2. The summed E-state index contributed by atoms with van der Waals surface area (Å²) in [7, 11) is 1.64. The Kier molecular flexibility index (Phi) is 7.14. The van der Waals surface area contributed by atoms with Crippen LogP contribution in [0.3, 0.4) is 0 Å². The minimum Gasteiger partial charge on any atom is -0.497 e. The number of methoxy groups -OCH3 is 1. The summed E-state index contributed by atoms with van der Waals surface area (Å²) in [5, 5.41) is 3.69. The van der Waals surface area contributed by atoms with E-state index in [9.17, 15) is 4.79 Å². The summed E-state index contributed by atoms with van der Waals surface area (Å²) in [6, 6.07) is 14.6. The van der Waals surface area contributed by atoms with Gasteiger partial charge in [0.05, 0.1) is 13.2 Å². The van der Waals surface area contributed by atoms with E-state index >= 15 is 0 Å². The fourth-order valence-corrected chi connectivity index (χ4v) is 2.63. The standard InChI is InChI=1S/C20H24ClNO3/c1-14(2)12-19(15-4-8-17(24-3)9-5-15)22-20(23)13-25-18-10-6-16(21)7-11-18/h4-11,14,19H,12-13H2,1-3H3,(H,22,23)/t19-/m1/s1. The first-order valence-corrected chi connectivity index (χ1v) is 8.67. The van der Waals surface area contributed by atoms with E-state index in [0.29, 0.717) is 16.7 Å². The first-order valence-electron chi connectivity index (χ1n) is 8.29. The molecule has 0 aliphatic carbocycles. The van der Waals surface area contributed by atoms with Crippen LogP contribution in [0, 0.1) is 5.92 Å². The first kappa shape index (κ1) is 19.1. The van der Waals surface area contributed by atoms with Crippen molar-refractivity contribution in [3.63, 3.8) is 0 Å². The number of hydrogen-bond donors (Lipinski definition) is 1. The quantitative estimate of drug-likeness (QED) is 0.745. The summed E-state index contributed by atoms with van der Waals surface area (Å²) in [6.45, 7) is 4.23. The Labute approximate surface area is 154 Å². The number of benzene rings is 2. The van der Waals surface area contributed by atoms with Gasteiger partial charge in [0.25, 0.3) is 5.91 Å². The van der Waals surface area contributed by atoms with E-state index in [1.54, 1.807) is 31.4 Å². The average molecular weight is 362 g/mol. The Morgan fingerprint density at radius 2 is 1.64 bits per heavy atom. The molecule has 0 radical (unpaired) electrons. The summed E-state index contributed by atoms with van der Waals surface area (Å²) < 4.78 is 10.7. The maximum absolute atomic E-state index is 12.3. The zero-order chi connectivity index (χ0) is 18.2. The van der Waals surface area contributed by atoms with Crippen LogP contribution in [0.2, 0.25) is 5.02 Å². The zero-order valence-corrected chi connectivity index (χ0v) is 15.5. The molecule has 0 unspecified atom stereocenters. The summed E-state index contributed by atoms with van der Waals surface area (Å²) in [6.07, 6.45) is 0.846. The largest absolute Gasteiger partial charge is 0.497 e. The molecule has 0 fully saturated rings. The molecule has 2 rings (SSSR count). The van der Waals surface area contributed by atoms with Crippen molar-refractivity contribution in [3.8, 4) is 11.5 Å². The fourth-order valence-electron chi connectivity index (χ4n) is 2.50. The normalized spacial score (nSPS) is 11.9. The lowest BCUT2D eigenvalue weighted by molar-refractivity contribution is -0.124. The van der Waals surface area contributed by atoms with E-state index in [-0.39, 0.29) is 18.6 Å². The van der Waals surface area contributed by atoms with Gasteiger partial charge in [0.15, 0.2) is 6.61 Å². The monoisotopic (exact) mass is 361 g/mol. The van der Waals surface area contributed by atoms with Gasteiger partial charge in [0.2, 0.25) is 0 Å². The highest BCUT2D eigenvalue weighted by molar-refractivity contribution is 6.30. The second-order valence-electron chi connectivity index (χ2n) is 6.27. The van der Waals surface area contributed by atoms with E-state index in [0.717, 1.165) is 17.7 Å². The number of nitrogens with one attached hydrogen (secondary N) is 1. The smallest absolute Gasteiger partial charge is 0.258 e. The predicted octanol–water partition coefficient (Wildman–Crippen LogP) is 4.63. The Bertz CT molecular complexity index is 668. The van der Waals surface area contributed by atoms with Crippen molar-refractivity contribution in [1.29, 1.82) is 0 Å². The number of halogens is 1. The second-order valence-corrected chi connectivity index (χ2v) is 6.70. The number of carbonyl (C=O) groups excluding carboxylic acids is 1. The fraction of sp³-hybridized carbons (Fsp3) is 0.350. The molecule has 0 aromatic heterocycles. The summed E-state index contributed by atoms with van der Waals surface area (Å²) in [4.78, 5) is 12.3. The van der Waals surface area contributed by atoms with Gasteiger partial charge in [0.1, 0.15) is 11.5 Å². The lowest BCUT2D eigenvalue weighted by Crippen LogP contribution is -2.33. The Morgan fingerprint density at radius 3 is 2.20 bits per heavy atom. The lowest BCUT2D eigenvalue weighted by Gasteiger charge is -2.21. The first-order chi connectivity index (χ1) is 12.0. The summed E-state index contributed by atoms with van der Waals surface area (Å²) in [5.74, 6) is 1.70.